The fraction of sp³-hybridized carbons (Fsp3) is 0.562. The quantitative estimate of drug-likeness (QED) is 0.841. The number of rotatable bonds is 4. The standard InChI is InChI=1S/C16H24N2O4S/c1-3-22-16(19)17-8-5-9-18(11-10-17)23(20,21)13-15-7-4-6-14(2)12-15/h4,6-7,12H,3,5,8-11,13H2,1-2H3. The molecule has 7 heteroatoms. The molecule has 0 radical (unpaired) electrons. The third-order valence-electron chi connectivity index (χ3n) is 3.81. The smallest absolute Gasteiger partial charge is 0.409 e. The first-order chi connectivity index (χ1) is 10.9. The average molecular weight is 340 g/mol. The first kappa shape index (κ1) is 17.7. The van der Waals surface area contributed by atoms with Crippen LogP contribution in [0.4, 0.5) is 4.79 Å². The number of amides is 1. The molecule has 1 aliphatic heterocycles. The van der Waals surface area contributed by atoms with Gasteiger partial charge in [-0.05, 0) is 25.8 Å². The first-order valence-electron chi connectivity index (χ1n) is 7.87. The lowest BCUT2D eigenvalue weighted by Crippen LogP contribution is -2.38. The zero-order valence-electron chi connectivity index (χ0n) is 13.7. The molecule has 0 aliphatic carbocycles. The number of benzene rings is 1. The Hall–Kier alpha value is -1.60. The van der Waals surface area contributed by atoms with Crippen LogP contribution in [0.3, 0.4) is 0 Å². The molecular weight excluding hydrogens is 316 g/mol. The molecule has 0 aromatic heterocycles. The van der Waals surface area contributed by atoms with E-state index in [-0.39, 0.29) is 11.8 Å². The van der Waals surface area contributed by atoms with E-state index in [2.05, 4.69) is 0 Å². The zero-order valence-corrected chi connectivity index (χ0v) is 14.5. The molecule has 0 atom stereocenters. The molecule has 1 aromatic rings. The van der Waals surface area contributed by atoms with Crippen LogP contribution in [-0.2, 0) is 20.5 Å². The van der Waals surface area contributed by atoms with Gasteiger partial charge in [-0.1, -0.05) is 29.8 Å². The predicted molar refractivity (Wildman–Crippen MR) is 88.6 cm³/mol. The van der Waals surface area contributed by atoms with E-state index in [0.29, 0.717) is 39.2 Å². The van der Waals surface area contributed by atoms with Gasteiger partial charge in [0.25, 0.3) is 0 Å². The molecule has 128 valence electrons. The summed E-state index contributed by atoms with van der Waals surface area (Å²) in [4.78, 5) is 13.3. The normalized spacial score (nSPS) is 16.9. The van der Waals surface area contributed by atoms with Gasteiger partial charge in [0.2, 0.25) is 10.0 Å². The molecule has 0 unspecified atom stereocenters. The van der Waals surface area contributed by atoms with Gasteiger partial charge in [0.1, 0.15) is 0 Å². The number of sulfonamides is 1. The highest BCUT2D eigenvalue weighted by atomic mass is 32.2. The largest absolute Gasteiger partial charge is 0.450 e. The molecule has 6 nitrogen and oxygen atoms in total. The number of nitrogens with zero attached hydrogens (tertiary/aromatic N) is 2. The van der Waals surface area contributed by atoms with E-state index in [4.69, 9.17) is 4.74 Å². The molecule has 1 amide bonds. The minimum absolute atomic E-state index is 0.00587. The Labute approximate surface area is 138 Å². The summed E-state index contributed by atoms with van der Waals surface area (Å²) < 4.78 is 31.7. The molecular formula is C16H24N2O4S. The predicted octanol–water partition coefficient (Wildman–Crippen LogP) is 1.99. The second-order valence-electron chi connectivity index (χ2n) is 5.68. The Morgan fingerprint density at radius 1 is 1.22 bits per heavy atom. The van der Waals surface area contributed by atoms with Crippen molar-refractivity contribution in [2.75, 3.05) is 32.8 Å². The molecule has 0 bridgehead atoms. The fourth-order valence-electron chi connectivity index (χ4n) is 2.67. The first-order valence-corrected chi connectivity index (χ1v) is 9.48. The number of hydrogen-bond acceptors (Lipinski definition) is 4. The molecule has 1 saturated heterocycles. The second-order valence-corrected chi connectivity index (χ2v) is 7.65. The van der Waals surface area contributed by atoms with E-state index < -0.39 is 10.0 Å². The fourth-order valence-corrected chi connectivity index (χ4v) is 4.22. The number of ether oxygens (including phenoxy) is 1. The van der Waals surface area contributed by atoms with Crippen LogP contribution in [0.15, 0.2) is 24.3 Å². The molecule has 0 N–H and O–H groups in total. The van der Waals surface area contributed by atoms with Crippen molar-refractivity contribution < 1.29 is 17.9 Å². The van der Waals surface area contributed by atoms with E-state index in [9.17, 15) is 13.2 Å². The van der Waals surface area contributed by atoms with Crippen molar-refractivity contribution in [3.8, 4) is 0 Å². The third-order valence-corrected chi connectivity index (χ3v) is 5.66. The molecule has 1 aliphatic rings. The summed E-state index contributed by atoms with van der Waals surface area (Å²) in [5.41, 5.74) is 1.83. The molecule has 0 saturated carbocycles. The minimum Gasteiger partial charge on any atom is -0.450 e. The van der Waals surface area contributed by atoms with Crippen molar-refractivity contribution in [3.05, 3.63) is 35.4 Å². The van der Waals surface area contributed by atoms with Crippen molar-refractivity contribution in [1.82, 2.24) is 9.21 Å². The third kappa shape index (κ3) is 4.94. The van der Waals surface area contributed by atoms with E-state index >= 15 is 0 Å². The molecule has 1 fully saturated rings. The number of hydrogen-bond donors (Lipinski definition) is 0. The number of carbonyl (C=O) groups is 1. The van der Waals surface area contributed by atoms with Gasteiger partial charge < -0.3 is 9.64 Å². The highest BCUT2D eigenvalue weighted by Crippen LogP contribution is 2.15. The van der Waals surface area contributed by atoms with Crippen molar-refractivity contribution in [2.45, 2.75) is 26.0 Å². The molecule has 1 heterocycles. The maximum Gasteiger partial charge on any atom is 0.409 e. The maximum atomic E-state index is 12.6. The SMILES string of the molecule is CCOC(=O)N1CCCN(S(=O)(=O)Cc2cccc(C)c2)CC1. The van der Waals surface area contributed by atoms with E-state index in [1.807, 2.05) is 31.2 Å². The maximum absolute atomic E-state index is 12.6. The summed E-state index contributed by atoms with van der Waals surface area (Å²) in [7, 11) is -3.38. The Morgan fingerprint density at radius 2 is 2.00 bits per heavy atom. The van der Waals surface area contributed by atoms with Gasteiger partial charge in [0.05, 0.1) is 12.4 Å². The molecule has 23 heavy (non-hydrogen) atoms. The van der Waals surface area contributed by atoms with E-state index in [1.165, 1.54) is 4.31 Å². The highest BCUT2D eigenvalue weighted by molar-refractivity contribution is 7.88. The van der Waals surface area contributed by atoms with Gasteiger partial charge in [0, 0.05) is 26.2 Å². The summed E-state index contributed by atoms with van der Waals surface area (Å²) >= 11 is 0. The lowest BCUT2D eigenvalue weighted by Gasteiger charge is -2.21. The monoisotopic (exact) mass is 340 g/mol. The van der Waals surface area contributed by atoms with Crippen LogP contribution in [0.2, 0.25) is 0 Å². The van der Waals surface area contributed by atoms with Gasteiger partial charge in [-0.15, -0.1) is 0 Å². The topological polar surface area (TPSA) is 66.9 Å². The van der Waals surface area contributed by atoms with Crippen LogP contribution in [-0.4, -0.2) is 56.5 Å². The van der Waals surface area contributed by atoms with Gasteiger partial charge in [0.15, 0.2) is 0 Å². The van der Waals surface area contributed by atoms with Crippen LogP contribution >= 0.6 is 0 Å². The number of aryl methyl sites for hydroxylation is 1. The number of carbonyl (C=O) groups excluding carboxylic acids is 1. The molecule has 2 rings (SSSR count). The summed E-state index contributed by atoms with van der Waals surface area (Å²) in [5, 5.41) is 0. The van der Waals surface area contributed by atoms with Gasteiger partial charge in [-0.2, -0.15) is 4.31 Å². The average Bonchev–Trinajstić information content (AvgIpc) is 2.73. The molecule has 0 spiro atoms. The lowest BCUT2D eigenvalue weighted by atomic mass is 10.2. The van der Waals surface area contributed by atoms with Crippen LogP contribution < -0.4 is 0 Å². The van der Waals surface area contributed by atoms with Crippen molar-refractivity contribution in [1.29, 1.82) is 0 Å². The lowest BCUT2D eigenvalue weighted by molar-refractivity contribution is 0.109. The van der Waals surface area contributed by atoms with Gasteiger partial charge >= 0.3 is 6.09 Å². The highest BCUT2D eigenvalue weighted by Gasteiger charge is 2.27. The Balaban J connectivity index is 2.02. The Bertz CT molecular complexity index is 645. The van der Waals surface area contributed by atoms with E-state index in [1.54, 1.807) is 11.8 Å². The molecule has 1 aromatic carbocycles. The van der Waals surface area contributed by atoms with Gasteiger partial charge in [-0.3, -0.25) is 0 Å². The van der Waals surface area contributed by atoms with Crippen LogP contribution in [0, 0.1) is 6.92 Å². The zero-order chi connectivity index (χ0) is 16.9. The van der Waals surface area contributed by atoms with Crippen LogP contribution in [0.25, 0.3) is 0 Å². The van der Waals surface area contributed by atoms with Crippen molar-refractivity contribution >= 4 is 16.1 Å². The summed E-state index contributed by atoms with van der Waals surface area (Å²) in [6.07, 6.45) is 0.247. The summed E-state index contributed by atoms with van der Waals surface area (Å²) in [5.74, 6) is -0.00587. The Morgan fingerprint density at radius 3 is 2.70 bits per heavy atom. The van der Waals surface area contributed by atoms with Crippen molar-refractivity contribution in [3.63, 3.8) is 0 Å². The summed E-state index contributed by atoms with van der Waals surface area (Å²) in [6.45, 7) is 5.66. The van der Waals surface area contributed by atoms with Crippen LogP contribution in [0.1, 0.15) is 24.5 Å². The summed E-state index contributed by atoms with van der Waals surface area (Å²) in [6, 6.07) is 7.53. The van der Waals surface area contributed by atoms with Crippen molar-refractivity contribution in [2.24, 2.45) is 0 Å². The second kappa shape index (κ2) is 7.79. The van der Waals surface area contributed by atoms with E-state index in [0.717, 1.165) is 11.1 Å². The van der Waals surface area contributed by atoms with Crippen LogP contribution in [0.5, 0.6) is 0 Å². The van der Waals surface area contributed by atoms with Gasteiger partial charge in [-0.25, -0.2) is 13.2 Å². The Kier molecular flexibility index (Phi) is 6.01. The minimum atomic E-state index is -3.38.